The Morgan fingerprint density at radius 1 is 1.50 bits per heavy atom. The van der Waals surface area contributed by atoms with Crippen molar-refractivity contribution in [1.29, 1.82) is 0 Å². The molecule has 1 saturated heterocycles. The average Bonchev–Trinajstić information content (AvgIpc) is 2.68. The summed E-state index contributed by atoms with van der Waals surface area (Å²) in [5, 5.41) is 11.5. The molecule has 1 aliphatic heterocycles. The van der Waals surface area contributed by atoms with Crippen molar-refractivity contribution in [2.75, 3.05) is 6.61 Å². The van der Waals surface area contributed by atoms with Crippen molar-refractivity contribution >= 4 is 11.9 Å². The predicted molar refractivity (Wildman–Crippen MR) is 58.0 cm³/mol. The number of carboxylic acids is 1. The molecule has 2 N–H and O–H groups in total. The van der Waals surface area contributed by atoms with Crippen LogP contribution in [0.3, 0.4) is 0 Å². The molecule has 1 amide bonds. The van der Waals surface area contributed by atoms with E-state index in [1.165, 1.54) is 0 Å². The molecule has 1 unspecified atom stereocenters. The monoisotopic (exact) mass is 229 g/mol. The van der Waals surface area contributed by atoms with Gasteiger partial charge in [0.05, 0.1) is 0 Å². The van der Waals surface area contributed by atoms with Crippen molar-refractivity contribution in [3.05, 3.63) is 0 Å². The van der Waals surface area contributed by atoms with Gasteiger partial charge in [0.2, 0.25) is 5.91 Å². The van der Waals surface area contributed by atoms with Crippen molar-refractivity contribution in [2.45, 2.75) is 45.3 Å². The molecule has 0 aromatic heterocycles. The highest BCUT2D eigenvalue weighted by Crippen LogP contribution is 2.13. The molecule has 1 rings (SSSR count). The van der Waals surface area contributed by atoms with Crippen molar-refractivity contribution in [3.8, 4) is 0 Å². The minimum atomic E-state index is -0.986. The standard InChI is InChI=1S/C11H19NO4/c1-7(2)6-8(11(14)15)12-10(13)9-4-3-5-16-9/h7-9H,3-6H2,1-2H3,(H,12,13)(H,14,15)/t8-,9?/m0/s1. The van der Waals surface area contributed by atoms with E-state index in [0.717, 1.165) is 6.42 Å². The lowest BCUT2D eigenvalue weighted by Gasteiger charge is -2.18. The number of carbonyl (C=O) groups is 2. The Hall–Kier alpha value is -1.10. The summed E-state index contributed by atoms with van der Waals surface area (Å²) in [6, 6.07) is -0.809. The first kappa shape index (κ1) is 13.0. The minimum Gasteiger partial charge on any atom is -0.480 e. The number of carboxylic acid groups (broad SMARTS) is 1. The van der Waals surface area contributed by atoms with Crippen LogP contribution in [0.5, 0.6) is 0 Å². The van der Waals surface area contributed by atoms with Crippen LogP contribution in [0.25, 0.3) is 0 Å². The van der Waals surface area contributed by atoms with E-state index in [9.17, 15) is 9.59 Å². The molecule has 0 bridgehead atoms. The molecule has 16 heavy (non-hydrogen) atoms. The second-order valence-electron chi connectivity index (χ2n) is 4.53. The van der Waals surface area contributed by atoms with Crippen molar-refractivity contribution in [1.82, 2.24) is 5.32 Å². The van der Waals surface area contributed by atoms with Crippen molar-refractivity contribution < 1.29 is 19.4 Å². The van der Waals surface area contributed by atoms with Crippen LogP contribution in [0.4, 0.5) is 0 Å². The van der Waals surface area contributed by atoms with E-state index < -0.39 is 18.1 Å². The number of hydrogen-bond donors (Lipinski definition) is 2. The summed E-state index contributed by atoms with van der Waals surface area (Å²) in [7, 11) is 0. The van der Waals surface area contributed by atoms with Gasteiger partial charge in [-0.25, -0.2) is 4.79 Å². The molecular formula is C11H19NO4. The molecule has 0 aliphatic carbocycles. The smallest absolute Gasteiger partial charge is 0.326 e. The normalized spacial score (nSPS) is 22.1. The van der Waals surface area contributed by atoms with Gasteiger partial charge in [0.25, 0.3) is 0 Å². The van der Waals surface area contributed by atoms with Crippen LogP contribution in [0, 0.1) is 5.92 Å². The van der Waals surface area contributed by atoms with Gasteiger partial charge in [-0.15, -0.1) is 0 Å². The van der Waals surface area contributed by atoms with Gasteiger partial charge in [-0.1, -0.05) is 13.8 Å². The zero-order valence-electron chi connectivity index (χ0n) is 9.73. The van der Waals surface area contributed by atoms with Crippen LogP contribution < -0.4 is 5.32 Å². The minimum absolute atomic E-state index is 0.228. The first-order valence-electron chi connectivity index (χ1n) is 5.65. The largest absolute Gasteiger partial charge is 0.480 e. The summed E-state index contributed by atoms with van der Waals surface area (Å²) in [6.07, 6.45) is 1.52. The molecule has 1 aliphatic rings. The molecule has 0 aromatic carbocycles. The summed E-state index contributed by atoms with van der Waals surface area (Å²) < 4.78 is 5.20. The van der Waals surface area contributed by atoms with Crippen molar-refractivity contribution in [2.24, 2.45) is 5.92 Å². The number of rotatable bonds is 5. The van der Waals surface area contributed by atoms with Crippen LogP contribution in [0.1, 0.15) is 33.1 Å². The third-order valence-corrected chi connectivity index (χ3v) is 2.54. The van der Waals surface area contributed by atoms with Gasteiger partial charge in [0.15, 0.2) is 0 Å². The zero-order chi connectivity index (χ0) is 12.1. The van der Waals surface area contributed by atoms with Crippen LogP contribution in [0.15, 0.2) is 0 Å². The van der Waals surface area contributed by atoms with E-state index in [4.69, 9.17) is 9.84 Å². The molecular weight excluding hydrogens is 210 g/mol. The number of amides is 1. The third kappa shape index (κ3) is 3.81. The SMILES string of the molecule is CC(C)C[C@H](NC(=O)C1CCCO1)C(=O)O. The Morgan fingerprint density at radius 3 is 2.62 bits per heavy atom. The summed E-state index contributed by atoms with van der Waals surface area (Å²) in [5.41, 5.74) is 0. The maximum absolute atomic E-state index is 11.6. The molecule has 5 heteroatoms. The fourth-order valence-corrected chi connectivity index (χ4v) is 1.74. The zero-order valence-corrected chi connectivity index (χ0v) is 9.73. The molecule has 1 fully saturated rings. The molecule has 5 nitrogen and oxygen atoms in total. The number of hydrogen-bond acceptors (Lipinski definition) is 3. The number of carbonyl (C=O) groups excluding carboxylic acids is 1. The lowest BCUT2D eigenvalue weighted by molar-refractivity contribution is -0.144. The number of aliphatic carboxylic acids is 1. The average molecular weight is 229 g/mol. The topological polar surface area (TPSA) is 75.6 Å². The van der Waals surface area contributed by atoms with Gasteiger partial charge < -0.3 is 15.2 Å². The van der Waals surface area contributed by atoms with E-state index in [1.807, 2.05) is 13.8 Å². The summed E-state index contributed by atoms with van der Waals surface area (Å²) in [4.78, 5) is 22.6. The maximum atomic E-state index is 11.6. The Bertz CT molecular complexity index is 259. The summed E-state index contributed by atoms with van der Waals surface area (Å²) in [6.45, 7) is 4.43. The fourth-order valence-electron chi connectivity index (χ4n) is 1.74. The Kier molecular flexibility index (Phi) is 4.73. The Balaban J connectivity index is 2.47. The molecule has 0 spiro atoms. The van der Waals surface area contributed by atoms with Crippen LogP contribution in [0.2, 0.25) is 0 Å². The second-order valence-corrected chi connectivity index (χ2v) is 4.53. The first-order chi connectivity index (χ1) is 7.50. The lowest BCUT2D eigenvalue weighted by Crippen LogP contribution is -2.45. The molecule has 2 atom stereocenters. The predicted octanol–water partition coefficient (Wildman–Crippen LogP) is 0.781. The maximum Gasteiger partial charge on any atom is 0.326 e. The fraction of sp³-hybridized carbons (Fsp3) is 0.818. The highest BCUT2D eigenvalue weighted by molar-refractivity contribution is 5.86. The number of ether oxygens (including phenoxy) is 1. The number of nitrogens with one attached hydrogen (secondary N) is 1. The van der Waals surface area contributed by atoms with Crippen LogP contribution >= 0.6 is 0 Å². The van der Waals surface area contributed by atoms with E-state index >= 15 is 0 Å². The molecule has 0 saturated carbocycles. The van der Waals surface area contributed by atoms with E-state index in [1.54, 1.807) is 0 Å². The molecule has 0 radical (unpaired) electrons. The van der Waals surface area contributed by atoms with Gasteiger partial charge in [-0.3, -0.25) is 4.79 Å². The van der Waals surface area contributed by atoms with Crippen molar-refractivity contribution in [3.63, 3.8) is 0 Å². The Labute approximate surface area is 95.2 Å². The highest BCUT2D eigenvalue weighted by atomic mass is 16.5. The molecule has 1 heterocycles. The van der Waals surface area contributed by atoms with Gasteiger partial charge in [-0.2, -0.15) is 0 Å². The van der Waals surface area contributed by atoms with Crippen LogP contribution in [-0.4, -0.2) is 35.7 Å². The lowest BCUT2D eigenvalue weighted by atomic mass is 10.0. The quantitative estimate of drug-likeness (QED) is 0.730. The highest BCUT2D eigenvalue weighted by Gasteiger charge is 2.28. The second kappa shape index (κ2) is 5.84. The van der Waals surface area contributed by atoms with Gasteiger partial charge >= 0.3 is 5.97 Å². The van der Waals surface area contributed by atoms with Gasteiger partial charge in [-0.05, 0) is 25.2 Å². The first-order valence-corrected chi connectivity index (χ1v) is 5.65. The van der Waals surface area contributed by atoms with Gasteiger partial charge in [0, 0.05) is 6.61 Å². The third-order valence-electron chi connectivity index (χ3n) is 2.54. The van der Waals surface area contributed by atoms with E-state index in [2.05, 4.69) is 5.32 Å². The summed E-state index contributed by atoms with van der Waals surface area (Å²) in [5.74, 6) is -1.06. The summed E-state index contributed by atoms with van der Waals surface area (Å²) >= 11 is 0. The molecule has 0 aromatic rings. The Morgan fingerprint density at radius 2 is 2.19 bits per heavy atom. The van der Waals surface area contributed by atoms with E-state index in [-0.39, 0.29) is 11.8 Å². The van der Waals surface area contributed by atoms with Crippen LogP contribution in [-0.2, 0) is 14.3 Å². The molecule has 92 valence electrons. The van der Waals surface area contributed by atoms with Gasteiger partial charge in [0.1, 0.15) is 12.1 Å². The van der Waals surface area contributed by atoms with E-state index in [0.29, 0.717) is 19.4 Å².